The number of phenolic OH excluding ortho intramolecular Hbond substituents is 1. The molecule has 1 saturated heterocycles. The van der Waals surface area contributed by atoms with Crippen molar-refractivity contribution in [2.24, 2.45) is 11.3 Å². The third kappa shape index (κ3) is 2.98. The molecule has 0 aromatic heterocycles. The van der Waals surface area contributed by atoms with E-state index in [4.69, 9.17) is 0 Å². The van der Waals surface area contributed by atoms with Crippen molar-refractivity contribution in [2.75, 3.05) is 19.6 Å². The largest absolute Gasteiger partial charge is 0.508 e. The van der Waals surface area contributed by atoms with Crippen LogP contribution in [0.3, 0.4) is 0 Å². The van der Waals surface area contributed by atoms with E-state index in [0.29, 0.717) is 32.5 Å². The smallest absolute Gasteiger partial charge is 0.317 e. The number of carbonyl (C=O) groups excluding carboxylic acids is 1. The van der Waals surface area contributed by atoms with Gasteiger partial charge in [0.25, 0.3) is 0 Å². The number of benzene rings is 1. The molecule has 2 amide bonds. The predicted molar refractivity (Wildman–Crippen MR) is 84.2 cm³/mol. The third-order valence-corrected chi connectivity index (χ3v) is 5.18. The number of hydrogen-bond donors (Lipinski definition) is 3. The Morgan fingerprint density at radius 1 is 1.39 bits per heavy atom. The molecule has 0 radical (unpaired) electrons. The van der Waals surface area contributed by atoms with E-state index in [-0.39, 0.29) is 17.7 Å². The van der Waals surface area contributed by atoms with Crippen LogP contribution >= 0.6 is 0 Å². The van der Waals surface area contributed by atoms with Gasteiger partial charge in [0.05, 0.1) is 5.41 Å². The highest BCUT2D eigenvalue weighted by Gasteiger charge is 2.55. The van der Waals surface area contributed by atoms with Crippen molar-refractivity contribution in [1.82, 2.24) is 10.2 Å². The van der Waals surface area contributed by atoms with Crippen LogP contribution in [0.2, 0.25) is 0 Å². The van der Waals surface area contributed by atoms with Crippen LogP contribution in [0.5, 0.6) is 5.75 Å². The number of amides is 2. The Hall–Kier alpha value is -2.24. The molecule has 23 heavy (non-hydrogen) atoms. The van der Waals surface area contributed by atoms with Crippen LogP contribution in [-0.2, 0) is 11.2 Å². The number of nitrogens with zero attached hydrogens (tertiary/aromatic N) is 1. The van der Waals surface area contributed by atoms with Gasteiger partial charge in [-0.25, -0.2) is 4.79 Å². The van der Waals surface area contributed by atoms with Gasteiger partial charge in [-0.15, -0.1) is 0 Å². The number of phenols is 1. The van der Waals surface area contributed by atoms with Crippen molar-refractivity contribution in [1.29, 1.82) is 0 Å². The highest BCUT2D eigenvalue weighted by Crippen LogP contribution is 2.48. The first kappa shape index (κ1) is 15.6. The fraction of sp³-hybridized carbons (Fsp3) is 0.529. The monoisotopic (exact) mass is 318 g/mol. The van der Waals surface area contributed by atoms with Crippen LogP contribution in [0.1, 0.15) is 24.8 Å². The van der Waals surface area contributed by atoms with Gasteiger partial charge < -0.3 is 20.4 Å². The molecule has 124 valence electrons. The zero-order valence-electron chi connectivity index (χ0n) is 13.0. The molecule has 3 N–H and O–H groups in total. The summed E-state index contributed by atoms with van der Waals surface area (Å²) in [7, 11) is 0. The van der Waals surface area contributed by atoms with Crippen molar-refractivity contribution in [3.63, 3.8) is 0 Å². The molecule has 1 saturated carbocycles. The zero-order valence-corrected chi connectivity index (χ0v) is 13.0. The summed E-state index contributed by atoms with van der Waals surface area (Å²) in [4.78, 5) is 25.5. The standard InChI is InChI=1S/C17H22N2O4/c20-14-5-1-3-12(9-14)6-8-18-16(23)19-10-13-4-2-7-17(13,11-19)15(21)22/h1,3,5,9,13,20H,2,4,6-8,10-11H2,(H,18,23)(H,21,22)/t13-,17+/m0/s1. The van der Waals surface area contributed by atoms with E-state index < -0.39 is 11.4 Å². The van der Waals surface area contributed by atoms with Crippen LogP contribution in [0.15, 0.2) is 24.3 Å². The maximum atomic E-state index is 12.3. The minimum Gasteiger partial charge on any atom is -0.508 e. The molecule has 3 rings (SSSR count). The number of carbonyl (C=O) groups is 2. The van der Waals surface area contributed by atoms with Gasteiger partial charge in [-0.1, -0.05) is 18.6 Å². The second-order valence-electron chi connectivity index (χ2n) is 6.58. The Morgan fingerprint density at radius 2 is 2.22 bits per heavy atom. The summed E-state index contributed by atoms with van der Waals surface area (Å²) >= 11 is 0. The van der Waals surface area contributed by atoms with E-state index in [1.807, 2.05) is 6.07 Å². The lowest BCUT2D eigenvalue weighted by molar-refractivity contribution is -0.149. The Kier molecular flexibility index (Phi) is 4.15. The number of aromatic hydroxyl groups is 1. The van der Waals surface area contributed by atoms with Crippen LogP contribution in [0.4, 0.5) is 4.79 Å². The second-order valence-corrected chi connectivity index (χ2v) is 6.58. The Balaban J connectivity index is 1.53. The normalized spacial score (nSPS) is 26.1. The SMILES string of the molecule is O=C(NCCc1cccc(O)c1)N1C[C@@H]2CCC[C@@]2(C(=O)O)C1. The van der Waals surface area contributed by atoms with E-state index in [2.05, 4.69) is 5.32 Å². The molecule has 1 aromatic carbocycles. The van der Waals surface area contributed by atoms with E-state index >= 15 is 0 Å². The zero-order chi connectivity index (χ0) is 16.4. The van der Waals surface area contributed by atoms with Gasteiger partial charge in [0, 0.05) is 19.6 Å². The summed E-state index contributed by atoms with van der Waals surface area (Å²) < 4.78 is 0. The van der Waals surface area contributed by atoms with E-state index in [0.717, 1.165) is 18.4 Å². The lowest BCUT2D eigenvalue weighted by Gasteiger charge is -2.23. The Labute approximate surface area is 135 Å². The summed E-state index contributed by atoms with van der Waals surface area (Å²) in [6.45, 7) is 1.30. The fourth-order valence-electron chi connectivity index (χ4n) is 3.93. The fourth-order valence-corrected chi connectivity index (χ4v) is 3.93. The Morgan fingerprint density at radius 3 is 2.91 bits per heavy atom. The molecule has 6 heteroatoms. The molecule has 0 spiro atoms. The van der Waals surface area contributed by atoms with Gasteiger partial charge in [-0.05, 0) is 42.9 Å². The summed E-state index contributed by atoms with van der Waals surface area (Å²) in [5.41, 5.74) is 0.216. The van der Waals surface area contributed by atoms with Gasteiger partial charge in [0.1, 0.15) is 5.75 Å². The molecular weight excluding hydrogens is 296 g/mol. The molecule has 0 unspecified atom stereocenters. The van der Waals surface area contributed by atoms with Gasteiger partial charge in [0.2, 0.25) is 0 Å². The minimum absolute atomic E-state index is 0.0804. The number of carboxylic acid groups (broad SMARTS) is 1. The van der Waals surface area contributed by atoms with Gasteiger partial charge in [0.15, 0.2) is 0 Å². The number of aliphatic carboxylic acids is 1. The molecular formula is C17H22N2O4. The van der Waals surface area contributed by atoms with Crippen LogP contribution in [0.25, 0.3) is 0 Å². The number of likely N-dealkylation sites (tertiary alicyclic amines) is 1. The quantitative estimate of drug-likeness (QED) is 0.790. The second kappa shape index (κ2) is 6.10. The van der Waals surface area contributed by atoms with Gasteiger partial charge >= 0.3 is 12.0 Å². The maximum Gasteiger partial charge on any atom is 0.317 e. The number of fused-ring (bicyclic) bond motifs is 1. The van der Waals surface area contributed by atoms with E-state index in [1.54, 1.807) is 23.1 Å². The maximum absolute atomic E-state index is 12.3. The predicted octanol–water partition coefficient (Wildman–Crippen LogP) is 1.83. The molecule has 2 atom stereocenters. The van der Waals surface area contributed by atoms with Crippen molar-refractivity contribution in [3.8, 4) is 5.75 Å². The molecule has 0 bridgehead atoms. The first-order valence-corrected chi connectivity index (χ1v) is 8.05. The van der Waals surface area contributed by atoms with E-state index in [1.165, 1.54) is 0 Å². The van der Waals surface area contributed by atoms with Crippen molar-refractivity contribution >= 4 is 12.0 Å². The van der Waals surface area contributed by atoms with Crippen LogP contribution < -0.4 is 5.32 Å². The summed E-state index contributed by atoms with van der Waals surface area (Å²) in [5, 5.41) is 21.8. The summed E-state index contributed by atoms with van der Waals surface area (Å²) in [6, 6.07) is 6.75. The van der Waals surface area contributed by atoms with Gasteiger partial charge in [-0.2, -0.15) is 0 Å². The van der Waals surface area contributed by atoms with Crippen molar-refractivity contribution in [3.05, 3.63) is 29.8 Å². The lowest BCUT2D eigenvalue weighted by Crippen LogP contribution is -2.42. The molecule has 2 aliphatic rings. The highest BCUT2D eigenvalue weighted by atomic mass is 16.4. The topological polar surface area (TPSA) is 89.9 Å². The van der Waals surface area contributed by atoms with Gasteiger partial charge in [-0.3, -0.25) is 4.79 Å². The number of nitrogens with one attached hydrogen (secondary N) is 1. The Bertz CT molecular complexity index is 618. The molecule has 1 aliphatic heterocycles. The molecule has 6 nitrogen and oxygen atoms in total. The van der Waals surface area contributed by atoms with Crippen LogP contribution in [0, 0.1) is 11.3 Å². The third-order valence-electron chi connectivity index (χ3n) is 5.18. The first-order valence-electron chi connectivity index (χ1n) is 8.05. The molecule has 1 aromatic rings. The number of carboxylic acids is 1. The lowest BCUT2D eigenvalue weighted by atomic mass is 9.81. The average molecular weight is 318 g/mol. The molecule has 1 aliphatic carbocycles. The number of hydrogen-bond acceptors (Lipinski definition) is 3. The van der Waals surface area contributed by atoms with Crippen molar-refractivity contribution in [2.45, 2.75) is 25.7 Å². The molecule has 2 fully saturated rings. The minimum atomic E-state index is -0.768. The number of rotatable bonds is 4. The average Bonchev–Trinajstić information content (AvgIpc) is 3.05. The highest BCUT2D eigenvalue weighted by molar-refractivity contribution is 5.80. The van der Waals surface area contributed by atoms with E-state index in [9.17, 15) is 19.8 Å². The summed E-state index contributed by atoms with van der Waals surface area (Å²) in [5.74, 6) is -0.475. The number of urea groups is 1. The molecule has 1 heterocycles. The summed E-state index contributed by atoms with van der Waals surface area (Å²) in [6.07, 6.45) is 3.12. The first-order chi connectivity index (χ1) is 11.0. The van der Waals surface area contributed by atoms with Crippen LogP contribution in [-0.4, -0.2) is 46.7 Å². The van der Waals surface area contributed by atoms with Crippen molar-refractivity contribution < 1.29 is 19.8 Å².